The van der Waals surface area contributed by atoms with Crippen molar-refractivity contribution in [2.24, 2.45) is 4.99 Å². The van der Waals surface area contributed by atoms with Crippen LogP contribution < -0.4 is 5.48 Å². The fraction of sp³-hybridized carbons (Fsp3) is 0.348. The molecule has 4 rings (SSSR count). The molecule has 0 amide bonds. The number of fused-ring (bicyclic) bond motifs is 1. The molecule has 1 aromatic carbocycles. The molecule has 3 aromatic rings. The minimum absolute atomic E-state index is 0.127. The van der Waals surface area contributed by atoms with Gasteiger partial charge in [-0.05, 0) is 51.0 Å². The van der Waals surface area contributed by atoms with E-state index in [4.69, 9.17) is 44.4 Å². The summed E-state index contributed by atoms with van der Waals surface area (Å²) in [5.74, 6) is -0.100. The lowest BCUT2D eigenvalue weighted by Crippen LogP contribution is -2.24. The summed E-state index contributed by atoms with van der Waals surface area (Å²) in [5.41, 5.74) is 2.60. The Morgan fingerprint density at radius 1 is 1.11 bits per heavy atom. The van der Waals surface area contributed by atoms with E-state index in [1.54, 1.807) is 32.9 Å². The first-order chi connectivity index (χ1) is 16.7. The molecule has 1 atom stereocenters. The lowest BCUT2D eigenvalue weighted by atomic mass is 10.1. The molecule has 1 N–H and O–H groups in total. The summed E-state index contributed by atoms with van der Waals surface area (Å²) < 4.78 is 45.8. The third kappa shape index (κ3) is 5.88. The SMILES string of the molecule is CC(C)(C)OC(=O)CCc1cc(Cl)c(C2=NC(c3cn4cc(C(F)(F)F)cc(Cl)c4n3)ON2)cc1Cl. The van der Waals surface area contributed by atoms with Gasteiger partial charge in [-0.25, -0.2) is 20.3 Å². The molecule has 1 aliphatic heterocycles. The number of carbonyl (C=O) groups is 1. The number of pyridine rings is 1. The van der Waals surface area contributed by atoms with Gasteiger partial charge in [-0.15, -0.1) is 0 Å². The average Bonchev–Trinajstić information content (AvgIpc) is 3.39. The van der Waals surface area contributed by atoms with Crippen LogP contribution in [0.3, 0.4) is 0 Å². The lowest BCUT2D eigenvalue weighted by molar-refractivity contribution is -0.154. The predicted molar refractivity (Wildman–Crippen MR) is 129 cm³/mol. The van der Waals surface area contributed by atoms with Gasteiger partial charge in [0.2, 0.25) is 6.23 Å². The number of hydrogen-bond donors (Lipinski definition) is 1. The molecule has 7 nitrogen and oxygen atoms in total. The number of amidine groups is 1. The van der Waals surface area contributed by atoms with E-state index in [1.807, 2.05) is 0 Å². The number of nitrogens with one attached hydrogen (secondary N) is 1. The first-order valence-corrected chi connectivity index (χ1v) is 11.8. The van der Waals surface area contributed by atoms with Gasteiger partial charge in [0.05, 0.1) is 15.6 Å². The zero-order chi connectivity index (χ0) is 26.4. The van der Waals surface area contributed by atoms with E-state index in [0.29, 0.717) is 27.6 Å². The van der Waals surface area contributed by atoms with Gasteiger partial charge < -0.3 is 9.14 Å². The third-order valence-corrected chi connectivity index (χ3v) is 5.97. The summed E-state index contributed by atoms with van der Waals surface area (Å²) in [5, 5.41) is 0.509. The van der Waals surface area contributed by atoms with Crippen LogP contribution in [0.15, 0.2) is 35.6 Å². The highest BCUT2D eigenvalue weighted by atomic mass is 35.5. The number of carbonyl (C=O) groups excluding carboxylic acids is 1. The summed E-state index contributed by atoms with van der Waals surface area (Å²) in [7, 11) is 0. The fourth-order valence-corrected chi connectivity index (χ4v) is 4.26. The number of rotatable bonds is 5. The van der Waals surface area contributed by atoms with Crippen LogP contribution in [0, 0.1) is 0 Å². The van der Waals surface area contributed by atoms with Crippen molar-refractivity contribution in [3.63, 3.8) is 0 Å². The molecule has 0 fully saturated rings. The van der Waals surface area contributed by atoms with Crippen LogP contribution in [0.2, 0.25) is 15.1 Å². The molecule has 36 heavy (non-hydrogen) atoms. The Balaban J connectivity index is 1.54. The molecule has 1 aliphatic rings. The number of aliphatic imine (C=N–C) groups is 1. The number of esters is 1. The van der Waals surface area contributed by atoms with Crippen LogP contribution in [0.25, 0.3) is 5.65 Å². The van der Waals surface area contributed by atoms with E-state index in [1.165, 1.54) is 10.6 Å². The van der Waals surface area contributed by atoms with Crippen molar-refractivity contribution in [1.82, 2.24) is 14.9 Å². The smallest absolute Gasteiger partial charge is 0.417 e. The van der Waals surface area contributed by atoms with Gasteiger partial charge in [0, 0.05) is 29.4 Å². The maximum atomic E-state index is 13.1. The molecule has 13 heteroatoms. The standard InChI is InChI=1S/C23H20Cl3F3N4O3/c1-22(2,3)35-18(34)5-4-11-6-15(25)13(8-14(11)24)19-31-21(36-32-19)17-10-33-9-12(23(27,28)29)7-16(26)20(33)30-17/h6-10,21H,4-5H2,1-3H3,(H,31,32). The Morgan fingerprint density at radius 2 is 1.83 bits per heavy atom. The van der Waals surface area contributed by atoms with Gasteiger partial charge in [0.25, 0.3) is 0 Å². The Bertz CT molecular complexity index is 1370. The van der Waals surface area contributed by atoms with Crippen molar-refractivity contribution < 1.29 is 27.5 Å². The molecule has 0 aliphatic carbocycles. The molecule has 0 bridgehead atoms. The van der Waals surface area contributed by atoms with Gasteiger partial charge in [0.15, 0.2) is 11.5 Å². The predicted octanol–water partition coefficient (Wildman–Crippen LogP) is 6.57. The van der Waals surface area contributed by atoms with Crippen LogP contribution in [-0.4, -0.2) is 26.8 Å². The quantitative estimate of drug-likeness (QED) is 0.356. The number of hydroxylamine groups is 1. The molecule has 0 saturated heterocycles. The Hall–Kier alpha value is -2.53. The monoisotopic (exact) mass is 562 g/mol. The summed E-state index contributed by atoms with van der Waals surface area (Å²) in [4.78, 5) is 26.1. The van der Waals surface area contributed by atoms with Crippen molar-refractivity contribution in [2.45, 2.75) is 51.6 Å². The minimum atomic E-state index is -4.56. The average molecular weight is 564 g/mol. The molecule has 192 valence electrons. The van der Waals surface area contributed by atoms with Crippen molar-refractivity contribution in [3.05, 3.63) is 68.0 Å². The molecule has 0 saturated carbocycles. The first-order valence-electron chi connectivity index (χ1n) is 10.7. The summed E-state index contributed by atoms with van der Waals surface area (Å²) >= 11 is 18.9. The molecule has 0 spiro atoms. The van der Waals surface area contributed by atoms with Gasteiger partial charge in [-0.1, -0.05) is 34.8 Å². The highest BCUT2D eigenvalue weighted by molar-refractivity contribution is 6.36. The number of imidazole rings is 1. The van der Waals surface area contributed by atoms with Gasteiger partial charge in [0.1, 0.15) is 11.3 Å². The van der Waals surface area contributed by atoms with E-state index in [0.717, 1.165) is 12.3 Å². The zero-order valence-corrected chi connectivity index (χ0v) is 21.5. The summed E-state index contributed by atoms with van der Waals surface area (Å²) in [6.45, 7) is 5.36. The van der Waals surface area contributed by atoms with Crippen LogP contribution >= 0.6 is 34.8 Å². The Kier molecular flexibility index (Phi) is 7.18. The second-order valence-corrected chi connectivity index (χ2v) is 10.3. The molecular weight excluding hydrogens is 544 g/mol. The normalized spacial score (nSPS) is 16.2. The number of ether oxygens (including phenoxy) is 1. The number of hydrogen-bond acceptors (Lipinski definition) is 6. The molecule has 0 radical (unpaired) electrons. The summed E-state index contributed by atoms with van der Waals surface area (Å²) in [6.07, 6.45) is -2.83. The van der Waals surface area contributed by atoms with E-state index in [9.17, 15) is 18.0 Å². The van der Waals surface area contributed by atoms with Gasteiger partial charge in [-0.3, -0.25) is 4.79 Å². The van der Waals surface area contributed by atoms with Crippen molar-refractivity contribution >= 4 is 52.3 Å². The van der Waals surface area contributed by atoms with Crippen molar-refractivity contribution in [1.29, 1.82) is 0 Å². The maximum absolute atomic E-state index is 13.1. The second kappa shape index (κ2) is 9.74. The number of benzene rings is 1. The second-order valence-electron chi connectivity index (χ2n) is 9.03. The lowest BCUT2D eigenvalue weighted by Gasteiger charge is -2.19. The van der Waals surface area contributed by atoms with Gasteiger partial charge >= 0.3 is 12.1 Å². The number of alkyl halides is 3. The first kappa shape index (κ1) is 26.5. The third-order valence-electron chi connectivity index (χ3n) is 5.03. The Labute approximate surface area is 219 Å². The number of aromatic nitrogens is 2. The van der Waals surface area contributed by atoms with Crippen LogP contribution in [0.4, 0.5) is 13.2 Å². The van der Waals surface area contributed by atoms with E-state index in [2.05, 4.69) is 15.5 Å². The largest absolute Gasteiger partial charge is 0.460 e. The van der Waals surface area contributed by atoms with E-state index in [-0.39, 0.29) is 34.6 Å². The zero-order valence-electron chi connectivity index (χ0n) is 19.2. The van der Waals surface area contributed by atoms with Crippen molar-refractivity contribution in [2.75, 3.05) is 0 Å². The molecular formula is C23H20Cl3F3N4O3. The summed E-state index contributed by atoms with van der Waals surface area (Å²) in [6, 6.07) is 4.02. The number of nitrogens with zero attached hydrogens (tertiary/aromatic N) is 3. The maximum Gasteiger partial charge on any atom is 0.417 e. The highest BCUT2D eigenvalue weighted by Crippen LogP contribution is 2.34. The highest BCUT2D eigenvalue weighted by Gasteiger charge is 2.32. The minimum Gasteiger partial charge on any atom is -0.460 e. The molecule has 3 heterocycles. The Morgan fingerprint density at radius 3 is 2.50 bits per heavy atom. The van der Waals surface area contributed by atoms with Crippen LogP contribution in [-0.2, 0) is 27.0 Å². The topological polar surface area (TPSA) is 77.2 Å². The van der Waals surface area contributed by atoms with Crippen LogP contribution in [0.5, 0.6) is 0 Å². The van der Waals surface area contributed by atoms with Crippen molar-refractivity contribution in [3.8, 4) is 0 Å². The van der Waals surface area contributed by atoms with E-state index < -0.39 is 23.6 Å². The van der Waals surface area contributed by atoms with E-state index >= 15 is 0 Å². The number of halogens is 6. The van der Waals surface area contributed by atoms with Crippen LogP contribution in [0.1, 0.15) is 55.8 Å². The number of aryl methyl sites for hydroxylation is 1. The van der Waals surface area contributed by atoms with Gasteiger partial charge in [-0.2, -0.15) is 13.2 Å². The molecule has 1 unspecified atom stereocenters. The molecule has 2 aromatic heterocycles. The fourth-order valence-electron chi connectivity index (χ4n) is 3.47.